The van der Waals surface area contributed by atoms with Crippen molar-refractivity contribution in [1.82, 2.24) is 10.6 Å². The van der Waals surface area contributed by atoms with Gasteiger partial charge in [-0.2, -0.15) is 0 Å². The van der Waals surface area contributed by atoms with Crippen LogP contribution in [0.1, 0.15) is 29.8 Å². The maximum absolute atomic E-state index is 11.7. The lowest BCUT2D eigenvalue weighted by molar-refractivity contribution is 0.0597. The van der Waals surface area contributed by atoms with Gasteiger partial charge in [0.05, 0.1) is 14.2 Å². The summed E-state index contributed by atoms with van der Waals surface area (Å²) in [6.07, 6.45) is 0. The molecule has 0 fully saturated rings. The van der Waals surface area contributed by atoms with Crippen LogP contribution < -0.4 is 15.4 Å². The van der Waals surface area contributed by atoms with Crippen LogP contribution in [0.15, 0.2) is 23.2 Å². The summed E-state index contributed by atoms with van der Waals surface area (Å²) in [6, 6.07) is 5.68. The van der Waals surface area contributed by atoms with Crippen LogP contribution in [0.25, 0.3) is 0 Å². The highest BCUT2D eigenvalue weighted by Gasteiger charge is 2.13. The molecule has 6 nitrogen and oxygen atoms in total. The Bertz CT molecular complexity index is 519. The molecule has 2 N–H and O–H groups in total. The third kappa shape index (κ3) is 6.08. The summed E-state index contributed by atoms with van der Waals surface area (Å²) in [5.74, 6) is 0.786. The number of hydrogen-bond acceptors (Lipinski definition) is 4. The monoisotopic (exact) mass is 421 g/mol. The summed E-state index contributed by atoms with van der Waals surface area (Å²) in [4.78, 5) is 15.9. The molecule has 0 aliphatic rings. The number of halogens is 1. The Kier molecular flexibility index (Phi) is 9.55. The summed E-state index contributed by atoms with van der Waals surface area (Å²) in [5.41, 5.74) is 1.34. The normalized spacial score (nSPS) is 10.7. The number of guanidine groups is 1. The topological polar surface area (TPSA) is 72.0 Å². The third-order valence-electron chi connectivity index (χ3n) is 2.78. The minimum Gasteiger partial charge on any atom is -0.496 e. The smallest absolute Gasteiger partial charge is 0.341 e. The van der Waals surface area contributed by atoms with Gasteiger partial charge in [-0.3, -0.25) is 4.99 Å². The first kappa shape index (κ1) is 20.5. The number of hydrogen-bond donors (Lipinski definition) is 2. The maximum Gasteiger partial charge on any atom is 0.341 e. The van der Waals surface area contributed by atoms with E-state index in [1.807, 2.05) is 19.9 Å². The molecule has 22 heavy (non-hydrogen) atoms. The van der Waals surface area contributed by atoms with Crippen molar-refractivity contribution >= 4 is 35.9 Å². The van der Waals surface area contributed by atoms with Crippen LogP contribution in [0.2, 0.25) is 0 Å². The molecule has 0 atom stereocenters. The molecule has 1 rings (SSSR count). The van der Waals surface area contributed by atoms with Crippen LogP contribution >= 0.6 is 24.0 Å². The fourth-order valence-corrected chi connectivity index (χ4v) is 1.79. The average Bonchev–Trinajstić information content (AvgIpc) is 2.49. The molecule has 0 saturated heterocycles. The number of esters is 1. The Morgan fingerprint density at radius 1 is 1.32 bits per heavy atom. The highest BCUT2D eigenvalue weighted by atomic mass is 127. The van der Waals surface area contributed by atoms with Gasteiger partial charge < -0.3 is 20.1 Å². The van der Waals surface area contributed by atoms with Crippen molar-refractivity contribution in [1.29, 1.82) is 0 Å². The Hall–Kier alpha value is -1.51. The van der Waals surface area contributed by atoms with E-state index < -0.39 is 5.97 Å². The van der Waals surface area contributed by atoms with E-state index in [2.05, 4.69) is 15.6 Å². The molecule has 0 aliphatic carbocycles. The Balaban J connectivity index is 0.00000441. The van der Waals surface area contributed by atoms with Crippen LogP contribution in [0.3, 0.4) is 0 Å². The van der Waals surface area contributed by atoms with Gasteiger partial charge in [-0.05, 0) is 31.5 Å². The largest absolute Gasteiger partial charge is 0.496 e. The zero-order valence-electron chi connectivity index (χ0n) is 13.6. The highest BCUT2D eigenvalue weighted by molar-refractivity contribution is 14.0. The van der Waals surface area contributed by atoms with Crippen LogP contribution in [0.4, 0.5) is 0 Å². The van der Waals surface area contributed by atoms with E-state index >= 15 is 0 Å². The summed E-state index contributed by atoms with van der Waals surface area (Å²) in [6.45, 7) is 4.62. The van der Waals surface area contributed by atoms with Crippen LogP contribution in [-0.4, -0.2) is 39.2 Å². The molecule has 1 aromatic carbocycles. The molecule has 0 bridgehead atoms. The second-order valence-corrected chi connectivity index (χ2v) is 4.75. The van der Waals surface area contributed by atoms with Gasteiger partial charge >= 0.3 is 5.97 Å². The SMILES string of the molecule is CN=C(NCc1ccc(OC)c(C(=O)OC)c1)NC(C)C.I. The van der Waals surface area contributed by atoms with Gasteiger partial charge in [0.2, 0.25) is 0 Å². The summed E-state index contributed by atoms with van der Waals surface area (Å²) >= 11 is 0. The molecule has 0 saturated carbocycles. The molecule has 0 aliphatic heterocycles. The van der Waals surface area contributed by atoms with Crippen molar-refractivity contribution < 1.29 is 14.3 Å². The number of aliphatic imine (C=N–C) groups is 1. The standard InChI is InChI=1S/C15H23N3O3.HI/c1-10(2)18-15(16-3)17-9-11-6-7-13(20-4)12(8-11)14(19)21-5;/h6-8,10H,9H2,1-5H3,(H2,16,17,18);1H. The second-order valence-electron chi connectivity index (χ2n) is 4.75. The van der Waals surface area contributed by atoms with E-state index in [9.17, 15) is 4.79 Å². The highest BCUT2D eigenvalue weighted by Crippen LogP contribution is 2.20. The molecule has 7 heteroatoms. The van der Waals surface area contributed by atoms with E-state index in [-0.39, 0.29) is 30.0 Å². The van der Waals surface area contributed by atoms with Crippen molar-refractivity contribution in [3.63, 3.8) is 0 Å². The number of methoxy groups -OCH3 is 2. The molecule has 0 amide bonds. The van der Waals surface area contributed by atoms with Crippen LogP contribution in [0.5, 0.6) is 5.75 Å². The maximum atomic E-state index is 11.7. The first-order chi connectivity index (χ1) is 10.0. The number of nitrogens with one attached hydrogen (secondary N) is 2. The minimum absolute atomic E-state index is 0. The first-order valence-electron chi connectivity index (χ1n) is 6.74. The van der Waals surface area contributed by atoms with E-state index in [0.717, 1.165) is 5.56 Å². The summed E-state index contributed by atoms with van der Waals surface area (Å²) in [5, 5.41) is 6.38. The molecule has 0 aromatic heterocycles. The molecule has 0 spiro atoms. The van der Waals surface area contributed by atoms with Gasteiger partial charge in [-0.15, -0.1) is 24.0 Å². The van der Waals surface area contributed by atoms with Gasteiger partial charge in [-0.1, -0.05) is 6.07 Å². The lowest BCUT2D eigenvalue weighted by Gasteiger charge is -2.15. The lowest BCUT2D eigenvalue weighted by atomic mass is 10.1. The van der Waals surface area contributed by atoms with Crippen LogP contribution in [-0.2, 0) is 11.3 Å². The second kappa shape index (κ2) is 10.3. The van der Waals surface area contributed by atoms with E-state index in [4.69, 9.17) is 9.47 Å². The van der Waals surface area contributed by atoms with Gasteiger partial charge in [0.25, 0.3) is 0 Å². The Morgan fingerprint density at radius 2 is 2.00 bits per heavy atom. The van der Waals surface area contributed by atoms with E-state index in [0.29, 0.717) is 23.8 Å². The minimum atomic E-state index is -0.418. The molecule has 0 radical (unpaired) electrons. The Labute approximate surface area is 148 Å². The fraction of sp³-hybridized carbons (Fsp3) is 0.467. The molecular weight excluding hydrogens is 397 g/mol. The van der Waals surface area contributed by atoms with Gasteiger partial charge in [0.1, 0.15) is 11.3 Å². The first-order valence-corrected chi connectivity index (χ1v) is 6.74. The molecular formula is C15H24IN3O3. The predicted molar refractivity (Wildman–Crippen MR) is 98.2 cm³/mol. The lowest BCUT2D eigenvalue weighted by Crippen LogP contribution is -2.40. The quantitative estimate of drug-likeness (QED) is 0.330. The average molecular weight is 421 g/mol. The third-order valence-corrected chi connectivity index (χ3v) is 2.78. The molecule has 0 heterocycles. The number of nitrogens with zero attached hydrogens (tertiary/aromatic N) is 1. The van der Waals surface area contributed by atoms with Gasteiger partial charge in [0, 0.05) is 19.6 Å². The predicted octanol–water partition coefficient (Wildman–Crippen LogP) is 2.17. The number of rotatable bonds is 5. The van der Waals surface area contributed by atoms with Gasteiger partial charge in [0.15, 0.2) is 5.96 Å². The number of ether oxygens (including phenoxy) is 2. The van der Waals surface area contributed by atoms with Crippen molar-refractivity contribution in [2.24, 2.45) is 4.99 Å². The fourth-order valence-electron chi connectivity index (χ4n) is 1.79. The van der Waals surface area contributed by atoms with Gasteiger partial charge in [-0.25, -0.2) is 4.79 Å². The molecule has 0 unspecified atom stereocenters. The van der Waals surface area contributed by atoms with Crippen molar-refractivity contribution in [2.75, 3.05) is 21.3 Å². The Morgan fingerprint density at radius 3 is 2.50 bits per heavy atom. The van der Waals surface area contributed by atoms with Crippen molar-refractivity contribution in [3.05, 3.63) is 29.3 Å². The number of carbonyl (C=O) groups is 1. The number of carbonyl (C=O) groups excluding carboxylic acids is 1. The molecule has 124 valence electrons. The van der Waals surface area contributed by atoms with E-state index in [1.165, 1.54) is 14.2 Å². The van der Waals surface area contributed by atoms with Crippen molar-refractivity contribution in [3.8, 4) is 5.75 Å². The zero-order valence-corrected chi connectivity index (χ0v) is 15.9. The van der Waals surface area contributed by atoms with Crippen LogP contribution in [0, 0.1) is 0 Å². The van der Waals surface area contributed by atoms with E-state index in [1.54, 1.807) is 19.2 Å². The zero-order chi connectivity index (χ0) is 15.8. The van der Waals surface area contributed by atoms with Crippen molar-refractivity contribution in [2.45, 2.75) is 26.4 Å². The summed E-state index contributed by atoms with van der Waals surface area (Å²) in [7, 11) is 4.58. The summed E-state index contributed by atoms with van der Waals surface area (Å²) < 4.78 is 9.92. The molecule has 1 aromatic rings. The number of benzene rings is 1.